The van der Waals surface area contributed by atoms with Gasteiger partial charge < -0.3 is 5.11 Å². The van der Waals surface area contributed by atoms with Gasteiger partial charge in [-0.15, -0.1) is 0 Å². The average molecular weight is 321 g/mol. The van der Waals surface area contributed by atoms with E-state index in [1.54, 1.807) is 0 Å². The lowest BCUT2D eigenvalue weighted by Gasteiger charge is -2.22. The highest BCUT2D eigenvalue weighted by molar-refractivity contribution is 8.00. The molecule has 0 aliphatic heterocycles. The van der Waals surface area contributed by atoms with Gasteiger partial charge in [0, 0.05) is 11.3 Å². The standard InChI is InChI=1S/C12H16FNO4S2/c1-12(2,19-3)7-14-20(17,18)8-4-5-10(13)9(6-8)11(15)16/h4-6,14H,7H2,1-3H3,(H,15,16). The van der Waals surface area contributed by atoms with Gasteiger partial charge in [0.15, 0.2) is 0 Å². The largest absolute Gasteiger partial charge is 0.478 e. The van der Waals surface area contributed by atoms with E-state index in [4.69, 9.17) is 5.11 Å². The Morgan fingerprint density at radius 3 is 2.55 bits per heavy atom. The van der Waals surface area contributed by atoms with E-state index < -0.39 is 27.4 Å². The van der Waals surface area contributed by atoms with E-state index in [1.165, 1.54) is 11.8 Å². The molecule has 1 rings (SSSR count). The number of rotatable bonds is 6. The summed E-state index contributed by atoms with van der Waals surface area (Å²) in [4.78, 5) is 10.5. The molecule has 0 saturated heterocycles. The summed E-state index contributed by atoms with van der Waals surface area (Å²) in [6.45, 7) is 3.91. The Kier molecular flexibility index (Phi) is 5.17. The molecule has 20 heavy (non-hydrogen) atoms. The van der Waals surface area contributed by atoms with Crippen molar-refractivity contribution in [2.24, 2.45) is 0 Å². The number of carbonyl (C=O) groups is 1. The number of carboxylic acid groups (broad SMARTS) is 1. The van der Waals surface area contributed by atoms with Gasteiger partial charge in [0.2, 0.25) is 10.0 Å². The van der Waals surface area contributed by atoms with Gasteiger partial charge in [-0.3, -0.25) is 0 Å². The van der Waals surface area contributed by atoms with Gasteiger partial charge in [0.05, 0.1) is 10.5 Å². The predicted molar refractivity (Wildman–Crippen MR) is 76.1 cm³/mol. The van der Waals surface area contributed by atoms with Crippen LogP contribution in [-0.4, -0.2) is 37.0 Å². The minimum Gasteiger partial charge on any atom is -0.478 e. The Labute approximate surface area is 121 Å². The van der Waals surface area contributed by atoms with E-state index >= 15 is 0 Å². The van der Waals surface area contributed by atoms with Gasteiger partial charge in [0.25, 0.3) is 0 Å². The maximum atomic E-state index is 13.2. The fourth-order valence-electron chi connectivity index (χ4n) is 1.26. The molecule has 0 aliphatic carbocycles. The second-order valence-corrected chi connectivity index (χ2v) is 8.02. The van der Waals surface area contributed by atoms with Crippen LogP contribution in [-0.2, 0) is 10.0 Å². The van der Waals surface area contributed by atoms with Crippen molar-refractivity contribution in [2.75, 3.05) is 12.8 Å². The van der Waals surface area contributed by atoms with E-state index in [0.29, 0.717) is 0 Å². The molecule has 1 aromatic carbocycles. The van der Waals surface area contributed by atoms with Crippen molar-refractivity contribution >= 4 is 27.8 Å². The van der Waals surface area contributed by atoms with Crippen LogP contribution < -0.4 is 4.72 Å². The average Bonchev–Trinajstić information content (AvgIpc) is 2.36. The molecule has 0 radical (unpaired) electrons. The normalized spacial score (nSPS) is 12.4. The number of carboxylic acids is 1. The number of nitrogens with one attached hydrogen (secondary N) is 1. The predicted octanol–water partition coefficient (Wildman–Crippen LogP) is 1.94. The molecule has 0 spiro atoms. The highest BCUT2D eigenvalue weighted by Gasteiger charge is 2.23. The smallest absolute Gasteiger partial charge is 0.338 e. The first kappa shape index (κ1) is 16.9. The van der Waals surface area contributed by atoms with Gasteiger partial charge in [0.1, 0.15) is 5.82 Å². The molecule has 0 aliphatic rings. The molecular weight excluding hydrogens is 305 g/mol. The van der Waals surface area contributed by atoms with Crippen molar-refractivity contribution in [3.05, 3.63) is 29.6 Å². The fourth-order valence-corrected chi connectivity index (χ4v) is 2.81. The maximum Gasteiger partial charge on any atom is 0.338 e. The number of aromatic carboxylic acids is 1. The zero-order valence-electron chi connectivity index (χ0n) is 11.3. The Balaban J connectivity index is 3.05. The highest BCUT2D eigenvalue weighted by atomic mass is 32.2. The summed E-state index contributed by atoms with van der Waals surface area (Å²) in [6, 6.07) is 2.68. The molecule has 0 saturated carbocycles. The van der Waals surface area contributed by atoms with E-state index in [1.807, 2.05) is 20.1 Å². The minimum absolute atomic E-state index is 0.177. The number of hydrogen-bond acceptors (Lipinski definition) is 4. The van der Waals surface area contributed by atoms with Gasteiger partial charge in [-0.2, -0.15) is 11.8 Å². The Bertz CT molecular complexity index is 614. The van der Waals surface area contributed by atoms with E-state index in [2.05, 4.69) is 4.72 Å². The summed E-state index contributed by atoms with van der Waals surface area (Å²) in [5.74, 6) is -2.48. The number of sulfonamides is 1. The second-order valence-electron chi connectivity index (χ2n) is 4.74. The molecule has 0 heterocycles. The van der Waals surface area contributed by atoms with Gasteiger partial charge >= 0.3 is 5.97 Å². The van der Waals surface area contributed by atoms with Gasteiger partial charge in [-0.1, -0.05) is 0 Å². The third-order valence-corrected chi connectivity index (χ3v) is 5.37. The van der Waals surface area contributed by atoms with E-state index in [0.717, 1.165) is 18.2 Å². The van der Waals surface area contributed by atoms with Crippen molar-refractivity contribution in [3.8, 4) is 0 Å². The van der Waals surface area contributed by atoms with Crippen molar-refractivity contribution in [1.29, 1.82) is 0 Å². The molecule has 0 bridgehead atoms. The molecule has 0 aromatic heterocycles. The van der Waals surface area contributed by atoms with Gasteiger partial charge in [-0.25, -0.2) is 22.3 Å². The van der Waals surface area contributed by atoms with Crippen LogP contribution in [0.3, 0.4) is 0 Å². The van der Waals surface area contributed by atoms with Crippen molar-refractivity contribution in [1.82, 2.24) is 4.72 Å². The Morgan fingerprint density at radius 1 is 1.45 bits per heavy atom. The molecule has 0 unspecified atom stereocenters. The monoisotopic (exact) mass is 321 g/mol. The summed E-state index contributed by atoms with van der Waals surface area (Å²) < 4.78 is 39.4. The first-order valence-corrected chi connectivity index (χ1v) is 8.37. The van der Waals surface area contributed by atoms with Crippen LogP contribution in [0.2, 0.25) is 0 Å². The third-order valence-electron chi connectivity index (χ3n) is 2.72. The van der Waals surface area contributed by atoms with E-state index in [9.17, 15) is 17.6 Å². The number of halogens is 1. The number of benzene rings is 1. The molecule has 5 nitrogen and oxygen atoms in total. The van der Waals surface area contributed by atoms with E-state index in [-0.39, 0.29) is 16.2 Å². The summed E-state index contributed by atoms with van der Waals surface area (Å²) in [5.41, 5.74) is -0.669. The molecular formula is C12H16FNO4S2. The SMILES string of the molecule is CSC(C)(C)CNS(=O)(=O)c1ccc(F)c(C(=O)O)c1. The number of hydrogen-bond donors (Lipinski definition) is 2. The molecule has 8 heteroatoms. The molecule has 0 fully saturated rings. The zero-order valence-corrected chi connectivity index (χ0v) is 12.9. The van der Waals surface area contributed by atoms with Crippen LogP contribution in [0, 0.1) is 5.82 Å². The Hall–Kier alpha value is -1.12. The van der Waals surface area contributed by atoms with Crippen LogP contribution in [0.1, 0.15) is 24.2 Å². The Morgan fingerprint density at radius 2 is 2.05 bits per heavy atom. The molecule has 112 valence electrons. The lowest BCUT2D eigenvalue weighted by atomic mass is 10.2. The highest BCUT2D eigenvalue weighted by Crippen LogP contribution is 2.21. The van der Waals surface area contributed by atoms with Crippen LogP contribution >= 0.6 is 11.8 Å². The fraction of sp³-hybridized carbons (Fsp3) is 0.417. The van der Waals surface area contributed by atoms with Crippen molar-refractivity contribution < 1.29 is 22.7 Å². The lowest BCUT2D eigenvalue weighted by molar-refractivity contribution is 0.0691. The first-order chi connectivity index (χ1) is 9.09. The van der Waals surface area contributed by atoms with Crippen LogP contribution in [0.15, 0.2) is 23.1 Å². The zero-order chi connectivity index (χ0) is 15.6. The minimum atomic E-state index is -3.87. The summed E-state index contributed by atoms with van der Waals surface area (Å²) >= 11 is 1.49. The summed E-state index contributed by atoms with van der Waals surface area (Å²) in [5, 5.41) is 8.79. The van der Waals surface area contributed by atoms with Crippen LogP contribution in [0.25, 0.3) is 0 Å². The first-order valence-electron chi connectivity index (χ1n) is 5.67. The molecule has 2 N–H and O–H groups in total. The summed E-state index contributed by atoms with van der Waals surface area (Å²) in [7, 11) is -3.87. The van der Waals surface area contributed by atoms with Crippen LogP contribution in [0.5, 0.6) is 0 Å². The topological polar surface area (TPSA) is 83.5 Å². The van der Waals surface area contributed by atoms with Gasteiger partial charge in [-0.05, 0) is 38.3 Å². The quantitative estimate of drug-likeness (QED) is 0.836. The van der Waals surface area contributed by atoms with Crippen LogP contribution in [0.4, 0.5) is 4.39 Å². The molecule has 1 aromatic rings. The number of thioether (sulfide) groups is 1. The molecule has 0 atom stereocenters. The summed E-state index contributed by atoms with van der Waals surface area (Å²) in [6.07, 6.45) is 1.86. The maximum absolute atomic E-state index is 13.2. The molecule has 0 amide bonds. The third kappa shape index (κ3) is 4.19. The van der Waals surface area contributed by atoms with Crippen molar-refractivity contribution in [2.45, 2.75) is 23.5 Å². The second kappa shape index (κ2) is 6.11. The lowest BCUT2D eigenvalue weighted by Crippen LogP contribution is -2.36. The van der Waals surface area contributed by atoms with Crippen molar-refractivity contribution in [3.63, 3.8) is 0 Å².